The molecule has 6 heteroatoms. The molecule has 0 atom stereocenters. The Morgan fingerprint density at radius 3 is 3.00 bits per heavy atom. The third-order valence-electron chi connectivity index (χ3n) is 3.17. The van der Waals surface area contributed by atoms with E-state index in [1.165, 1.54) is 12.1 Å². The highest BCUT2D eigenvalue weighted by Gasteiger charge is 2.24. The van der Waals surface area contributed by atoms with Crippen molar-refractivity contribution < 1.29 is 4.39 Å². The van der Waals surface area contributed by atoms with E-state index in [1.807, 2.05) is 4.90 Å². The zero-order valence-corrected chi connectivity index (χ0v) is 10.8. The lowest BCUT2D eigenvalue weighted by atomic mass is 10.1. The van der Waals surface area contributed by atoms with Crippen molar-refractivity contribution in [1.29, 1.82) is 0 Å². The van der Waals surface area contributed by atoms with Crippen molar-refractivity contribution in [1.82, 2.24) is 10.2 Å². The summed E-state index contributed by atoms with van der Waals surface area (Å²) in [5, 5.41) is 7.96. The molecule has 0 bridgehead atoms. The van der Waals surface area contributed by atoms with Gasteiger partial charge in [-0.2, -0.15) is 5.10 Å². The molecular formula is C13H11FN4S. The summed E-state index contributed by atoms with van der Waals surface area (Å²) in [6.45, 7) is 0.715. The van der Waals surface area contributed by atoms with Crippen LogP contribution in [0, 0.1) is 5.82 Å². The fraction of sp³-hybridized carbons (Fsp3) is 0.154. The molecule has 0 saturated heterocycles. The van der Waals surface area contributed by atoms with E-state index in [1.54, 1.807) is 18.3 Å². The molecule has 1 aliphatic rings. The lowest BCUT2D eigenvalue weighted by molar-refractivity contribution is 0.628. The number of thiocarbonyl (C=S) groups is 1. The van der Waals surface area contributed by atoms with Crippen molar-refractivity contribution in [3.63, 3.8) is 0 Å². The van der Waals surface area contributed by atoms with Crippen LogP contribution in [0.4, 0.5) is 15.9 Å². The second-order valence-electron chi connectivity index (χ2n) is 4.31. The van der Waals surface area contributed by atoms with Gasteiger partial charge in [0.25, 0.3) is 0 Å². The van der Waals surface area contributed by atoms with Crippen LogP contribution in [0.3, 0.4) is 0 Å². The predicted octanol–water partition coefficient (Wildman–Crippen LogP) is 1.94. The molecule has 0 unspecified atom stereocenters. The normalized spacial score (nSPS) is 13.4. The number of halogens is 1. The second kappa shape index (κ2) is 4.55. The molecule has 19 heavy (non-hydrogen) atoms. The number of nitrogens with two attached hydrogens (primary N) is 1. The molecule has 0 spiro atoms. The van der Waals surface area contributed by atoms with E-state index in [2.05, 4.69) is 10.2 Å². The van der Waals surface area contributed by atoms with Gasteiger partial charge >= 0.3 is 0 Å². The highest BCUT2D eigenvalue weighted by Crippen LogP contribution is 2.35. The lowest BCUT2D eigenvalue weighted by Gasteiger charge is -2.20. The fourth-order valence-corrected chi connectivity index (χ4v) is 2.45. The molecule has 0 aliphatic carbocycles. The molecule has 2 aromatic rings. The van der Waals surface area contributed by atoms with Gasteiger partial charge < -0.3 is 10.6 Å². The molecule has 1 aromatic heterocycles. The van der Waals surface area contributed by atoms with Gasteiger partial charge in [-0.05, 0) is 30.2 Å². The summed E-state index contributed by atoms with van der Waals surface area (Å²) >= 11 is 5.02. The first-order valence-electron chi connectivity index (χ1n) is 5.84. The summed E-state index contributed by atoms with van der Waals surface area (Å²) in [5.74, 6) is 0.311. The standard InChI is InChI=1S/C13H11FN4S/c14-9-2-1-8-4-6-18(11(8)7-9)13-10(12(15)19)3-5-16-17-13/h1-3,5,7H,4,6H2,(H2,15,19). The van der Waals surface area contributed by atoms with Crippen LogP contribution >= 0.6 is 12.2 Å². The topological polar surface area (TPSA) is 55.0 Å². The van der Waals surface area contributed by atoms with Gasteiger partial charge in [0.2, 0.25) is 0 Å². The second-order valence-corrected chi connectivity index (χ2v) is 4.75. The third kappa shape index (κ3) is 2.04. The first-order valence-corrected chi connectivity index (χ1v) is 6.25. The molecule has 1 aliphatic heterocycles. The summed E-state index contributed by atoms with van der Waals surface area (Å²) in [6.07, 6.45) is 2.38. The van der Waals surface area contributed by atoms with Gasteiger partial charge in [0.05, 0.1) is 11.8 Å². The molecule has 0 radical (unpaired) electrons. The van der Waals surface area contributed by atoms with Crippen molar-refractivity contribution in [2.45, 2.75) is 6.42 Å². The molecule has 2 N–H and O–H groups in total. The number of rotatable bonds is 2. The van der Waals surface area contributed by atoms with Crippen LogP contribution in [0.1, 0.15) is 11.1 Å². The molecule has 3 rings (SSSR count). The Morgan fingerprint density at radius 2 is 2.21 bits per heavy atom. The minimum absolute atomic E-state index is 0.259. The smallest absolute Gasteiger partial charge is 0.165 e. The average molecular weight is 274 g/mol. The maximum Gasteiger partial charge on any atom is 0.165 e. The summed E-state index contributed by atoms with van der Waals surface area (Å²) in [5.41, 5.74) is 8.24. The van der Waals surface area contributed by atoms with Crippen LogP contribution in [0.2, 0.25) is 0 Å². The molecule has 96 valence electrons. The minimum Gasteiger partial charge on any atom is -0.389 e. The van der Waals surface area contributed by atoms with Crippen LogP contribution in [0.15, 0.2) is 30.5 Å². The monoisotopic (exact) mass is 274 g/mol. The van der Waals surface area contributed by atoms with Crippen molar-refractivity contribution in [2.75, 3.05) is 11.4 Å². The van der Waals surface area contributed by atoms with Crippen molar-refractivity contribution in [2.24, 2.45) is 5.73 Å². The van der Waals surface area contributed by atoms with Gasteiger partial charge in [-0.25, -0.2) is 4.39 Å². The Morgan fingerprint density at radius 1 is 1.37 bits per heavy atom. The number of aromatic nitrogens is 2. The van der Waals surface area contributed by atoms with Crippen molar-refractivity contribution in [3.05, 3.63) is 47.4 Å². The van der Waals surface area contributed by atoms with Crippen molar-refractivity contribution >= 4 is 28.7 Å². The minimum atomic E-state index is -0.272. The zero-order chi connectivity index (χ0) is 13.4. The molecule has 0 saturated carbocycles. The highest BCUT2D eigenvalue weighted by atomic mass is 32.1. The van der Waals surface area contributed by atoms with Crippen LogP contribution in [-0.4, -0.2) is 21.7 Å². The third-order valence-corrected chi connectivity index (χ3v) is 3.39. The predicted molar refractivity (Wildman–Crippen MR) is 75.0 cm³/mol. The maximum absolute atomic E-state index is 13.4. The largest absolute Gasteiger partial charge is 0.389 e. The van der Waals surface area contributed by atoms with E-state index in [0.29, 0.717) is 17.9 Å². The summed E-state index contributed by atoms with van der Waals surface area (Å²) < 4.78 is 13.4. The van der Waals surface area contributed by atoms with E-state index in [9.17, 15) is 4.39 Å². The Labute approximate surface area is 115 Å². The van der Waals surface area contributed by atoms with E-state index < -0.39 is 0 Å². The molecule has 1 aromatic carbocycles. The van der Waals surface area contributed by atoms with Crippen molar-refractivity contribution in [3.8, 4) is 0 Å². The average Bonchev–Trinajstić information content (AvgIpc) is 2.81. The first-order chi connectivity index (χ1) is 9.16. The van der Waals surface area contributed by atoms with Gasteiger partial charge in [0.1, 0.15) is 10.8 Å². The Hall–Kier alpha value is -2.08. The first kappa shape index (κ1) is 12.0. The number of fused-ring (bicyclic) bond motifs is 1. The lowest BCUT2D eigenvalue weighted by Crippen LogP contribution is -2.21. The molecule has 2 heterocycles. The maximum atomic E-state index is 13.4. The zero-order valence-electron chi connectivity index (χ0n) is 10.0. The van der Waals surface area contributed by atoms with E-state index in [0.717, 1.165) is 17.7 Å². The number of benzene rings is 1. The molecule has 4 nitrogen and oxygen atoms in total. The van der Waals surface area contributed by atoms with E-state index in [4.69, 9.17) is 18.0 Å². The van der Waals surface area contributed by atoms with E-state index >= 15 is 0 Å². The molecule has 0 fully saturated rings. The number of anilines is 2. The van der Waals surface area contributed by atoms with Crippen LogP contribution in [0.5, 0.6) is 0 Å². The Balaban J connectivity index is 2.11. The van der Waals surface area contributed by atoms with Gasteiger partial charge in [0, 0.05) is 12.2 Å². The van der Waals surface area contributed by atoms with E-state index in [-0.39, 0.29) is 10.8 Å². The summed E-state index contributed by atoms with van der Waals surface area (Å²) in [7, 11) is 0. The fourth-order valence-electron chi connectivity index (χ4n) is 2.29. The number of hydrogen-bond donors (Lipinski definition) is 1. The number of nitrogens with zero attached hydrogens (tertiary/aromatic N) is 3. The Bertz CT molecular complexity index is 659. The van der Waals surface area contributed by atoms with Gasteiger partial charge in [-0.3, -0.25) is 0 Å². The van der Waals surface area contributed by atoms with Gasteiger partial charge in [-0.1, -0.05) is 18.3 Å². The SMILES string of the molecule is NC(=S)c1ccnnc1N1CCc2ccc(F)cc21. The van der Waals surface area contributed by atoms with Crippen LogP contribution in [-0.2, 0) is 6.42 Å². The molecular weight excluding hydrogens is 263 g/mol. The van der Waals surface area contributed by atoms with Gasteiger partial charge in [-0.15, -0.1) is 5.10 Å². The number of hydrogen-bond acceptors (Lipinski definition) is 4. The quantitative estimate of drug-likeness (QED) is 0.848. The summed E-state index contributed by atoms with van der Waals surface area (Å²) in [4.78, 5) is 2.16. The highest BCUT2D eigenvalue weighted by molar-refractivity contribution is 7.80. The summed E-state index contributed by atoms with van der Waals surface area (Å²) in [6, 6.07) is 6.48. The molecule has 0 amide bonds. The Kier molecular flexibility index (Phi) is 2.87. The van der Waals surface area contributed by atoms with Crippen LogP contribution < -0.4 is 10.6 Å². The van der Waals surface area contributed by atoms with Crippen LogP contribution in [0.25, 0.3) is 0 Å². The van der Waals surface area contributed by atoms with Gasteiger partial charge in [0.15, 0.2) is 5.82 Å².